The fourth-order valence-corrected chi connectivity index (χ4v) is 4.22. The molecule has 0 heterocycles. The Hall–Kier alpha value is -1.85. The first-order valence-corrected chi connectivity index (χ1v) is 9.70. The van der Waals surface area contributed by atoms with Crippen molar-refractivity contribution >= 4 is 10.0 Å². The molecule has 0 aliphatic heterocycles. The summed E-state index contributed by atoms with van der Waals surface area (Å²) in [7, 11) is -1.79. The van der Waals surface area contributed by atoms with Crippen molar-refractivity contribution in [2.75, 3.05) is 7.11 Å². The lowest BCUT2D eigenvalue weighted by atomic mass is 10.0. The van der Waals surface area contributed by atoms with E-state index in [1.807, 2.05) is 63.2 Å². The van der Waals surface area contributed by atoms with Crippen LogP contribution in [0.2, 0.25) is 0 Å². The molecule has 2 aromatic rings. The van der Waals surface area contributed by atoms with Crippen molar-refractivity contribution in [1.82, 2.24) is 4.72 Å². The molecule has 0 fully saturated rings. The van der Waals surface area contributed by atoms with E-state index in [0.29, 0.717) is 6.42 Å². The van der Waals surface area contributed by atoms with Crippen LogP contribution in [0.5, 0.6) is 5.75 Å². The Morgan fingerprint density at radius 3 is 2.46 bits per heavy atom. The Morgan fingerprint density at radius 1 is 1.12 bits per heavy atom. The van der Waals surface area contributed by atoms with Crippen molar-refractivity contribution in [2.45, 2.75) is 39.0 Å². The van der Waals surface area contributed by atoms with Gasteiger partial charge in [0.1, 0.15) is 5.75 Å². The van der Waals surface area contributed by atoms with Gasteiger partial charge in [-0.3, -0.25) is 0 Å². The van der Waals surface area contributed by atoms with E-state index in [0.717, 1.165) is 28.0 Å². The number of benzene rings is 2. The Morgan fingerprint density at radius 2 is 1.88 bits per heavy atom. The smallest absolute Gasteiger partial charge is 0.216 e. The van der Waals surface area contributed by atoms with E-state index in [2.05, 4.69) is 4.72 Å². The summed E-state index contributed by atoms with van der Waals surface area (Å²) in [6, 6.07) is 13.1. The van der Waals surface area contributed by atoms with Gasteiger partial charge in [-0.15, -0.1) is 0 Å². The van der Waals surface area contributed by atoms with Crippen LogP contribution in [0.25, 0.3) is 0 Å². The van der Waals surface area contributed by atoms with E-state index < -0.39 is 10.0 Å². The number of aryl methyl sites for hydroxylation is 2. The highest BCUT2D eigenvalue weighted by Gasteiger charge is 2.19. The molecule has 4 nitrogen and oxygen atoms in total. The first-order valence-electron chi connectivity index (χ1n) is 8.04. The van der Waals surface area contributed by atoms with Crippen LogP contribution < -0.4 is 9.46 Å². The molecular weight excluding hydrogens is 322 g/mol. The lowest BCUT2D eigenvalue weighted by molar-refractivity contribution is 0.411. The quantitative estimate of drug-likeness (QED) is 0.827. The molecule has 0 spiro atoms. The lowest BCUT2D eigenvalue weighted by Crippen LogP contribution is -2.29. The van der Waals surface area contributed by atoms with Crippen LogP contribution in [-0.4, -0.2) is 15.5 Å². The van der Waals surface area contributed by atoms with E-state index in [1.165, 1.54) is 0 Å². The first-order chi connectivity index (χ1) is 11.3. The number of nitrogens with one attached hydrogen (secondary N) is 1. The minimum atomic E-state index is -3.42. The third-order valence-electron chi connectivity index (χ3n) is 3.99. The third-order valence-corrected chi connectivity index (χ3v) is 5.35. The van der Waals surface area contributed by atoms with Gasteiger partial charge in [0.05, 0.1) is 12.9 Å². The van der Waals surface area contributed by atoms with E-state index in [9.17, 15) is 8.42 Å². The van der Waals surface area contributed by atoms with E-state index in [1.54, 1.807) is 7.11 Å². The molecule has 0 aliphatic rings. The first kappa shape index (κ1) is 18.5. The van der Waals surface area contributed by atoms with Crippen LogP contribution in [0.3, 0.4) is 0 Å². The van der Waals surface area contributed by atoms with E-state index in [4.69, 9.17) is 4.74 Å². The summed E-state index contributed by atoms with van der Waals surface area (Å²) in [6.07, 6.45) is 0.679. The van der Waals surface area contributed by atoms with Crippen molar-refractivity contribution in [2.24, 2.45) is 0 Å². The molecular formula is C19H25NO3S. The molecule has 5 heteroatoms. The van der Waals surface area contributed by atoms with Gasteiger partial charge in [-0.1, -0.05) is 48.9 Å². The number of ether oxygens (including phenoxy) is 1. The van der Waals surface area contributed by atoms with Crippen molar-refractivity contribution < 1.29 is 13.2 Å². The van der Waals surface area contributed by atoms with Gasteiger partial charge in [0, 0.05) is 6.04 Å². The number of sulfonamides is 1. The molecule has 0 bridgehead atoms. The summed E-state index contributed by atoms with van der Waals surface area (Å²) in [6.45, 7) is 5.88. The molecule has 1 N–H and O–H groups in total. The van der Waals surface area contributed by atoms with Crippen molar-refractivity contribution in [3.05, 3.63) is 64.7 Å². The zero-order valence-electron chi connectivity index (χ0n) is 14.7. The van der Waals surface area contributed by atoms with Gasteiger partial charge in [0.15, 0.2) is 0 Å². The SMILES string of the molecule is CC[C@H](NS(=O)(=O)Cc1cccc(C)c1)c1ccc(OC)c(C)c1. The standard InChI is InChI=1S/C19H25NO3S/c1-5-18(17-9-10-19(23-4)15(3)12-17)20-24(21,22)13-16-8-6-7-14(2)11-16/h6-12,18,20H,5,13H2,1-4H3/t18-/m0/s1. The zero-order valence-corrected chi connectivity index (χ0v) is 15.5. The van der Waals surface area contributed by atoms with E-state index in [-0.39, 0.29) is 11.8 Å². The molecule has 0 saturated heterocycles. The second kappa shape index (κ2) is 7.81. The van der Waals surface area contributed by atoms with Crippen LogP contribution in [0.15, 0.2) is 42.5 Å². The number of methoxy groups -OCH3 is 1. The Bertz CT molecular complexity index is 800. The summed E-state index contributed by atoms with van der Waals surface area (Å²) in [4.78, 5) is 0. The molecule has 0 amide bonds. The van der Waals surface area contributed by atoms with Gasteiger partial charge in [-0.2, -0.15) is 0 Å². The van der Waals surface area contributed by atoms with Crippen LogP contribution in [-0.2, 0) is 15.8 Å². The number of hydrogen-bond donors (Lipinski definition) is 1. The highest BCUT2D eigenvalue weighted by atomic mass is 32.2. The number of rotatable bonds is 7. The summed E-state index contributed by atoms with van der Waals surface area (Å²) in [5, 5.41) is 0. The second-order valence-corrected chi connectivity index (χ2v) is 7.81. The zero-order chi connectivity index (χ0) is 17.7. The summed E-state index contributed by atoms with van der Waals surface area (Å²) >= 11 is 0. The Balaban J connectivity index is 2.18. The van der Waals surface area contributed by atoms with E-state index >= 15 is 0 Å². The number of hydrogen-bond acceptors (Lipinski definition) is 3. The summed E-state index contributed by atoms with van der Waals surface area (Å²) < 4.78 is 33.1. The van der Waals surface area contributed by atoms with Gasteiger partial charge in [0.2, 0.25) is 10.0 Å². The molecule has 0 saturated carbocycles. The fraction of sp³-hybridized carbons (Fsp3) is 0.368. The summed E-state index contributed by atoms with van der Waals surface area (Å²) in [5.74, 6) is 0.788. The van der Waals surface area contributed by atoms with Crippen molar-refractivity contribution in [3.63, 3.8) is 0 Å². The Kier molecular flexibility index (Phi) is 6.02. The minimum Gasteiger partial charge on any atom is -0.496 e. The highest BCUT2D eigenvalue weighted by Crippen LogP contribution is 2.25. The molecule has 24 heavy (non-hydrogen) atoms. The average Bonchev–Trinajstić information content (AvgIpc) is 2.52. The molecule has 130 valence electrons. The van der Waals surface area contributed by atoms with Crippen molar-refractivity contribution in [3.8, 4) is 5.75 Å². The molecule has 2 aromatic carbocycles. The van der Waals surface area contributed by atoms with Crippen LogP contribution in [0, 0.1) is 13.8 Å². The maximum atomic E-state index is 12.5. The van der Waals surface area contributed by atoms with Gasteiger partial charge >= 0.3 is 0 Å². The maximum absolute atomic E-state index is 12.5. The monoisotopic (exact) mass is 347 g/mol. The third kappa shape index (κ3) is 4.82. The fourth-order valence-electron chi connectivity index (χ4n) is 2.79. The van der Waals surface area contributed by atoms with Crippen molar-refractivity contribution in [1.29, 1.82) is 0 Å². The highest BCUT2D eigenvalue weighted by molar-refractivity contribution is 7.88. The molecule has 0 aliphatic carbocycles. The van der Waals surface area contributed by atoms with Gasteiger partial charge in [0.25, 0.3) is 0 Å². The van der Waals surface area contributed by atoms with Crippen LogP contribution >= 0.6 is 0 Å². The topological polar surface area (TPSA) is 55.4 Å². The van der Waals surface area contributed by atoms with Gasteiger partial charge in [-0.05, 0) is 43.0 Å². The van der Waals surface area contributed by atoms with Crippen LogP contribution in [0.4, 0.5) is 0 Å². The molecule has 0 aromatic heterocycles. The summed E-state index contributed by atoms with van der Waals surface area (Å²) in [5.41, 5.74) is 3.79. The molecule has 0 radical (unpaired) electrons. The molecule has 2 rings (SSSR count). The largest absolute Gasteiger partial charge is 0.496 e. The predicted octanol–water partition coefficient (Wildman–Crippen LogP) is 3.88. The lowest BCUT2D eigenvalue weighted by Gasteiger charge is -2.19. The molecule has 1 atom stereocenters. The van der Waals surface area contributed by atoms with Gasteiger partial charge in [-0.25, -0.2) is 13.1 Å². The minimum absolute atomic E-state index is 0.0136. The van der Waals surface area contributed by atoms with Gasteiger partial charge < -0.3 is 4.74 Å². The second-order valence-electron chi connectivity index (χ2n) is 6.06. The normalized spacial score (nSPS) is 12.8. The Labute approximate surface area is 144 Å². The predicted molar refractivity (Wildman–Crippen MR) is 97.7 cm³/mol. The maximum Gasteiger partial charge on any atom is 0.216 e. The average molecular weight is 347 g/mol. The van der Waals surface area contributed by atoms with Crippen LogP contribution in [0.1, 0.15) is 41.6 Å². The molecule has 0 unspecified atom stereocenters.